The van der Waals surface area contributed by atoms with E-state index in [1.807, 2.05) is 30.3 Å². The van der Waals surface area contributed by atoms with Crippen LogP contribution in [-0.4, -0.2) is 16.2 Å². The van der Waals surface area contributed by atoms with Gasteiger partial charge in [-0.15, -0.1) is 10.2 Å². The van der Waals surface area contributed by atoms with Gasteiger partial charge in [-0.05, 0) is 25.0 Å². The summed E-state index contributed by atoms with van der Waals surface area (Å²) in [5, 5.41) is 11.7. The molecule has 4 heteroatoms. The van der Waals surface area contributed by atoms with Gasteiger partial charge in [-0.1, -0.05) is 44.9 Å². The van der Waals surface area contributed by atoms with Crippen molar-refractivity contribution in [3.05, 3.63) is 36.2 Å². The molecule has 4 nitrogen and oxygen atoms in total. The SMILES string of the molecule is CCC(CC)C(C)NCc1nnc(-c2ccccc2)o1. The van der Waals surface area contributed by atoms with E-state index in [-0.39, 0.29) is 0 Å². The van der Waals surface area contributed by atoms with Gasteiger partial charge in [0.15, 0.2) is 0 Å². The Hall–Kier alpha value is -1.68. The fourth-order valence-electron chi connectivity index (χ4n) is 2.43. The van der Waals surface area contributed by atoms with E-state index in [0.717, 1.165) is 5.56 Å². The Balaban J connectivity index is 1.94. The van der Waals surface area contributed by atoms with Gasteiger partial charge in [0, 0.05) is 11.6 Å². The second-order valence-electron chi connectivity index (χ2n) is 5.11. The Morgan fingerprint density at radius 2 is 1.80 bits per heavy atom. The van der Waals surface area contributed by atoms with Crippen LogP contribution in [0.2, 0.25) is 0 Å². The molecule has 1 heterocycles. The summed E-state index contributed by atoms with van der Waals surface area (Å²) in [6, 6.07) is 10.3. The summed E-state index contributed by atoms with van der Waals surface area (Å²) < 4.78 is 5.68. The largest absolute Gasteiger partial charge is 0.419 e. The fraction of sp³-hybridized carbons (Fsp3) is 0.500. The van der Waals surface area contributed by atoms with Crippen LogP contribution < -0.4 is 5.32 Å². The molecule has 108 valence electrons. The number of benzene rings is 1. The Labute approximate surface area is 120 Å². The van der Waals surface area contributed by atoms with Gasteiger partial charge in [-0.2, -0.15) is 0 Å². The van der Waals surface area contributed by atoms with E-state index in [0.29, 0.717) is 30.3 Å². The van der Waals surface area contributed by atoms with Gasteiger partial charge in [0.1, 0.15) is 0 Å². The van der Waals surface area contributed by atoms with E-state index in [1.54, 1.807) is 0 Å². The van der Waals surface area contributed by atoms with Crippen molar-refractivity contribution in [3.63, 3.8) is 0 Å². The predicted octanol–water partition coefficient (Wildman–Crippen LogP) is 3.65. The minimum absolute atomic E-state index is 0.456. The van der Waals surface area contributed by atoms with E-state index in [4.69, 9.17) is 4.42 Å². The molecule has 0 aliphatic carbocycles. The van der Waals surface area contributed by atoms with Gasteiger partial charge in [-0.25, -0.2) is 0 Å². The quantitative estimate of drug-likeness (QED) is 0.836. The minimum atomic E-state index is 0.456. The van der Waals surface area contributed by atoms with Crippen molar-refractivity contribution < 1.29 is 4.42 Å². The summed E-state index contributed by atoms with van der Waals surface area (Å²) in [5.41, 5.74) is 0.958. The van der Waals surface area contributed by atoms with Gasteiger partial charge in [0.25, 0.3) is 0 Å². The molecule has 20 heavy (non-hydrogen) atoms. The van der Waals surface area contributed by atoms with Crippen LogP contribution in [0.3, 0.4) is 0 Å². The van der Waals surface area contributed by atoms with Crippen molar-refractivity contribution >= 4 is 0 Å². The molecule has 2 rings (SSSR count). The molecule has 0 aliphatic rings. The standard InChI is InChI=1S/C16H23N3O/c1-4-13(5-2)12(3)17-11-15-18-19-16(20-15)14-9-7-6-8-10-14/h6-10,12-13,17H,4-5,11H2,1-3H3. The third kappa shape index (κ3) is 3.67. The summed E-state index contributed by atoms with van der Waals surface area (Å²) in [6.07, 6.45) is 2.37. The maximum atomic E-state index is 5.68. The summed E-state index contributed by atoms with van der Waals surface area (Å²) >= 11 is 0. The number of rotatable bonds is 7. The van der Waals surface area contributed by atoms with E-state index in [9.17, 15) is 0 Å². The smallest absolute Gasteiger partial charge is 0.247 e. The zero-order valence-corrected chi connectivity index (χ0v) is 12.5. The third-order valence-corrected chi connectivity index (χ3v) is 3.82. The number of aromatic nitrogens is 2. The third-order valence-electron chi connectivity index (χ3n) is 3.82. The topological polar surface area (TPSA) is 51.0 Å². The van der Waals surface area contributed by atoms with E-state index >= 15 is 0 Å². The molecule has 1 aromatic carbocycles. The van der Waals surface area contributed by atoms with Crippen LogP contribution in [0, 0.1) is 5.92 Å². The monoisotopic (exact) mass is 273 g/mol. The first-order valence-electron chi connectivity index (χ1n) is 7.35. The molecule has 1 N–H and O–H groups in total. The highest BCUT2D eigenvalue weighted by molar-refractivity contribution is 5.51. The highest BCUT2D eigenvalue weighted by atomic mass is 16.4. The molecule has 0 saturated carbocycles. The first-order valence-corrected chi connectivity index (χ1v) is 7.35. The highest BCUT2D eigenvalue weighted by Crippen LogP contribution is 2.17. The van der Waals surface area contributed by atoms with Crippen LogP contribution in [-0.2, 0) is 6.54 Å². The fourth-order valence-corrected chi connectivity index (χ4v) is 2.43. The lowest BCUT2D eigenvalue weighted by atomic mass is 9.95. The summed E-state index contributed by atoms with van der Waals surface area (Å²) in [6.45, 7) is 7.29. The number of nitrogens with zero attached hydrogens (tertiary/aromatic N) is 2. The molecule has 0 amide bonds. The van der Waals surface area contributed by atoms with Crippen LogP contribution in [0.25, 0.3) is 11.5 Å². The van der Waals surface area contributed by atoms with Crippen molar-refractivity contribution in [1.82, 2.24) is 15.5 Å². The van der Waals surface area contributed by atoms with Crippen molar-refractivity contribution in [1.29, 1.82) is 0 Å². The molecule has 1 atom stereocenters. The maximum absolute atomic E-state index is 5.68. The van der Waals surface area contributed by atoms with Crippen molar-refractivity contribution in [2.75, 3.05) is 0 Å². The lowest BCUT2D eigenvalue weighted by Gasteiger charge is -2.21. The average molecular weight is 273 g/mol. The number of hydrogen-bond donors (Lipinski definition) is 1. The van der Waals surface area contributed by atoms with Crippen molar-refractivity contribution in [2.45, 2.75) is 46.2 Å². The van der Waals surface area contributed by atoms with Gasteiger partial charge in [-0.3, -0.25) is 0 Å². The lowest BCUT2D eigenvalue weighted by Crippen LogP contribution is -2.32. The molecular formula is C16H23N3O. The molecule has 1 unspecified atom stereocenters. The summed E-state index contributed by atoms with van der Waals surface area (Å²) in [5.74, 6) is 1.91. The second kappa shape index (κ2) is 7.20. The molecule has 0 spiro atoms. The Morgan fingerprint density at radius 3 is 2.45 bits per heavy atom. The minimum Gasteiger partial charge on any atom is -0.419 e. The Bertz CT molecular complexity index is 505. The zero-order chi connectivity index (χ0) is 14.4. The first kappa shape index (κ1) is 14.7. The molecule has 0 fully saturated rings. The zero-order valence-electron chi connectivity index (χ0n) is 12.5. The van der Waals surface area contributed by atoms with Crippen LogP contribution >= 0.6 is 0 Å². The first-order chi connectivity index (χ1) is 9.74. The van der Waals surface area contributed by atoms with Crippen LogP contribution in [0.15, 0.2) is 34.7 Å². The number of hydrogen-bond acceptors (Lipinski definition) is 4. The van der Waals surface area contributed by atoms with Crippen molar-refractivity contribution in [2.24, 2.45) is 5.92 Å². The van der Waals surface area contributed by atoms with Gasteiger partial charge in [0.05, 0.1) is 6.54 Å². The molecule has 0 saturated heterocycles. The van der Waals surface area contributed by atoms with E-state index in [2.05, 4.69) is 36.3 Å². The summed E-state index contributed by atoms with van der Waals surface area (Å²) in [7, 11) is 0. The van der Waals surface area contributed by atoms with Gasteiger partial charge in [0.2, 0.25) is 11.8 Å². The Kier molecular flexibility index (Phi) is 5.30. The van der Waals surface area contributed by atoms with E-state index < -0.39 is 0 Å². The average Bonchev–Trinajstić information content (AvgIpc) is 2.96. The van der Waals surface area contributed by atoms with Gasteiger partial charge < -0.3 is 9.73 Å². The molecule has 0 radical (unpaired) electrons. The van der Waals surface area contributed by atoms with Gasteiger partial charge >= 0.3 is 0 Å². The second-order valence-corrected chi connectivity index (χ2v) is 5.11. The Morgan fingerprint density at radius 1 is 1.10 bits per heavy atom. The molecular weight excluding hydrogens is 250 g/mol. The predicted molar refractivity (Wildman–Crippen MR) is 80.1 cm³/mol. The molecule has 0 bridgehead atoms. The summed E-state index contributed by atoms with van der Waals surface area (Å²) in [4.78, 5) is 0. The lowest BCUT2D eigenvalue weighted by molar-refractivity contribution is 0.338. The molecule has 2 aromatic rings. The van der Waals surface area contributed by atoms with Crippen LogP contribution in [0.4, 0.5) is 0 Å². The van der Waals surface area contributed by atoms with Crippen molar-refractivity contribution in [3.8, 4) is 11.5 Å². The molecule has 0 aliphatic heterocycles. The van der Waals surface area contributed by atoms with Crippen LogP contribution in [0.1, 0.15) is 39.5 Å². The van der Waals surface area contributed by atoms with Crippen LogP contribution in [0.5, 0.6) is 0 Å². The maximum Gasteiger partial charge on any atom is 0.247 e. The highest BCUT2D eigenvalue weighted by Gasteiger charge is 2.14. The van der Waals surface area contributed by atoms with E-state index in [1.165, 1.54) is 12.8 Å². The number of nitrogens with one attached hydrogen (secondary N) is 1. The molecule has 1 aromatic heterocycles. The normalized spacial score (nSPS) is 12.8.